The van der Waals surface area contributed by atoms with E-state index in [4.69, 9.17) is 0 Å². The van der Waals surface area contributed by atoms with Gasteiger partial charge in [-0.3, -0.25) is 4.90 Å². The van der Waals surface area contributed by atoms with Crippen LogP contribution in [0.25, 0.3) is 0 Å². The highest BCUT2D eigenvalue weighted by Crippen LogP contribution is 2.24. The molecule has 4 heteroatoms. The van der Waals surface area contributed by atoms with Crippen molar-refractivity contribution in [2.75, 3.05) is 39.8 Å². The number of hydrogen-bond donors (Lipinski definition) is 1. The Bertz CT molecular complexity index is 497. The molecule has 128 valence electrons. The van der Waals surface area contributed by atoms with Gasteiger partial charge in [0.2, 0.25) is 0 Å². The maximum Gasteiger partial charge on any atom is 0.335 e. The van der Waals surface area contributed by atoms with Crippen molar-refractivity contribution in [2.45, 2.75) is 39.0 Å². The fourth-order valence-electron chi connectivity index (χ4n) is 3.16. The predicted molar refractivity (Wildman–Crippen MR) is 94.6 cm³/mol. The number of nitrogens with zero attached hydrogens (tertiary/aromatic N) is 2. The van der Waals surface area contributed by atoms with Gasteiger partial charge in [-0.1, -0.05) is 37.5 Å². The zero-order valence-corrected chi connectivity index (χ0v) is 14.6. The highest BCUT2D eigenvalue weighted by molar-refractivity contribution is 5.90. The average molecular weight is 318 g/mol. The van der Waals surface area contributed by atoms with Crippen LogP contribution in [0.3, 0.4) is 0 Å². The van der Waals surface area contributed by atoms with Crippen LogP contribution in [0.1, 0.15) is 39.0 Å². The van der Waals surface area contributed by atoms with Crippen LogP contribution in [0.4, 0.5) is 0 Å². The van der Waals surface area contributed by atoms with E-state index in [2.05, 4.69) is 23.8 Å². The van der Waals surface area contributed by atoms with Gasteiger partial charge in [-0.15, -0.1) is 0 Å². The second kappa shape index (κ2) is 9.04. The third kappa shape index (κ3) is 5.63. The molecular formula is C19H30N2O2. The molecule has 0 aromatic heterocycles. The van der Waals surface area contributed by atoms with Crippen molar-refractivity contribution in [3.8, 4) is 0 Å². The van der Waals surface area contributed by atoms with E-state index in [-0.39, 0.29) is 0 Å². The molecule has 0 aromatic carbocycles. The lowest BCUT2D eigenvalue weighted by Crippen LogP contribution is -2.45. The zero-order valence-electron chi connectivity index (χ0n) is 14.6. The van der Waals surface area contributed by atoms with E-state index >= 15 is 0 Å². The van der Waals surface area contributed by atoms with Crippen LogP contribution < -0.4 is 0 Å². The van der Waals surface area contributed by atoms with Crippen LogP contribution in [0.2, 0.25) is 0 Å². The van der Waals surface area contributed by atoms with Gasteiger partial charge in [0.1, 0.15) is 0 Å². The normalized spacial score (nSPS) is 20.5. The third-order valence-corrected chi connectivity index (χ3v) is 4.81. The van der Waals surface area contributed by atoms with Gasteiger partial charge in [0.15, 0.2) is 0 Å². The first-order chi connectivity index (χ1) is 11.1. The lowest BCUT2D eigenvalue weighted by atomic mass is 9.98. The van der Waals surface area contributed by atoms with Crippen LogP contribution >= 0.6 is 0 Å². The topological polar surface area (TPSA) is 43.8 Å². The summed E-state index contributed by atoms with van der Waals surface area (Å²) in [5.41, 5.74) is 3.18. The minimum Gasteiger partial charge on any atom is -0.478 e. The molecule has 2 aliphatic rings. The van der Waals surface area contributed by atoms with Crippen LogP contribution in [-0.4, -0.2) is 60.6 Å². The SMILES string of the molecule is CCCCCC1=C(CN2CCN(C)CC2)C=CC(C(=O)O)=CC1. The molecule has 0 saturated carbocycles. The minimum absolute atomic E-state index is 0.423. The Balaban J connectivity index is 2.07. The van der Waals surface area contributed by atoms with Gasteiger partial charge in [0.05, 0.1) is 5.57 Å². The number of unbranched alkanes of at least 4 members (excludes halogenated alkanes) is 2. The third-order valence-electron chi connectivity index (χ3n) is 4.81. The molecule has 0 bridgehead atoms. The fraction of sp³-hybridized carbons (Fsp3) is 0.632. The van der Waals surface area contributed by atoms with Gasteiger partial charge in [0, 0.05) is 32.7 Å². The molecule has 0 spiro atoms. The van der Waals surface area contributed by atoms with Crippen LogP contribution in [-0.2, 0) is 4.79 Å². The number of carbonyl (C=O) groups is 1. The summed E-state index contributed by atoms with van der Waals surface area (Å²) in [5, 5.41) is 9.25. The summed E-state index contributed by atoms with van der Waals surface area (Å²) in [6.07, 6.45) is 11.2. The Morgan fingerprint density at radius 3 is 2.57 bits per heavy atom. The van der Waals surface area contributed by atoms with Crippen molar-refractivity contribution in [1.29, 1.82) is 0 Å². The van der Waals surface area contributed by atoms with Crippen molar-refractivity contribution in [3.05, 3.63) is 34.9 Å². The quantitative estimate of drug-likeness (QED) is 0.733. The molecule has 1 heterocycles. The molecule has 0 unspecified atom stereocenters. The molecular weight excluding hydrogens is 288 g/mol. The maximum atomic E-state index is 11.3. The molecule has 0 aromatic rings. The number of carboxylic acids is 1. The Morgan fingerprint density at radius 2 is 1.91 bits per heavy atom. The molecule has 2 rings (SSSR count). The summed E-state index contributed by atoms with van der Waals surface area (Å²) in [6, 6.07) is 0. The van der Waals surface area contributed by atoms with Crippen LogP contribution in [0, 0.1) is 0 Å². The van der Waals surface area contributed by atoms with E-state index in [1.54, 1.807) is 6.08 Å². The lowest BCUT2D eigenvalue weighted by molar-refractivity contribution is -0.132. The average Bonchev–Trinajstić information content (AvgIpc) is 2.73. The van der Waals surface area contributed by atoms with E-state index < -0.39 is 5.97 Å². The number of piperazine rings is 1. The van der Waals surface area contributed by atoms with E-state index in [9.17, 15) is 9.90 Å². The zero-order chi connectivity index (χ0) is 16.7. The number of allylic oxidation sites excluding steroid dienone is 2. The fourth-order valence-corrected chi connectivity index (χ4v) is 3.16. The Hall–Kier alpha value is -1.39. The van der Waals surface area contributed by atoms with Crippen LogP contribution in [0.5, 0.6) is 0 Å². The van der Waals surface area contributed by atoms with Gasteiger partial charge >= 0.3 is 5.97 Å². The highest BCUT2D eigenvalue weighted by Gasteiger charge is 2.17. The second-order valence-electron chi connectivity index (χ2n) is 6.67. The van der Waals surface area contributed by atoms with Gasteiger partial charge in [0.25, 0.3) is 0 Å². The molecule has 1 N–H and O–H groups in total. The van der Waals surface area contributed by atoms with Crippen LogP contribution in [0.15, 0.2) is 34.9 Å². The summed E-state index contributed by atoms with van der Waals surface area (Å²) in [5.74, 6) is -0.824. The molecule has 0 amide bonds. The van der Waals surface area contributed by atoms with Crippen molar-refractivity contribution >= 4 is 5.97 Å². The summed E-state index contributed by atoms with van der Waals surface area (Å²) >= 11 is 0. The number of rotatable bonds is 7. The Kier molecular flexibility index (Phi) is 7.06. The number of carboxylic acid groups (broad SMARTS) is 1. The van der Waals surface area contributed by atoms with Crippen molar-refractivity contribution in [3.63, 3.8) is 0 Å². The number of aliphatic carboxylic acids is 1. The van der Waals surface area contributed by atoms with Gasteiger partial charge in [-0.2, -0.15) is 0 Å². The Morgan fingerprint density at radius 1 is 1.17 bits per heavy atom. The monoisotopic (exact) mass is 318 g/mol. The Labute approximate surface area is 140 Å². The smallest absolute Gasteiger partial charge is 0.335 e. The first-order valence-electron chi connectivity index (χ1n) is 8.83. The van der Waals surface area contributed by atoms with Crippen molar-refractivity contribution in [1.82, 2.24) is 9.80 Å². The maximum absolute atomic E-state index is 11.3. The predicted octanol–water partition coefficient (Wildman–Crippen LogP) is 3.08. The first kappa shape index (κ1) is 18.0. The van der Waals surface area contributed by atoms with Crippen molar-refractivity contribution in [2.24, 2.45) is 0 Å². The van der Waals surface area contributed by atoms with Crippen molar-refractivity contribution < 1.29 is 9.90 Å². The van der Waals surface area contributed by atoms with Gasteiger partial charge < -0.3 is 10.0 Å². The van der Waals surface area contributed by atoms with Gasteiger partial charge in [-0.25, -0.2) is 4.79 Å². The molecule has 1 fully saturated rings. The second-order valence-corrected chi connectivity index (χ2v) is 6.67. The molecule has 4 nitrogen and oxygen atoms in total. The number of likely N-dealkylation sites (N-methyl/N-ethyl adjacent to an activating group) is 1. The number of hydrogen-bond acceptors (Lipinski definition) is 3. The summed E-state index contributed by atoms with van der Waals surface area (Å²) in [4.78, 5) is 16.1. The highest BCUT2D eigenvalue weighted by atomic mass is 16.4. The molecule has 1 saturated heterocycles. The summed E-state index contributed by atoms with van der Waals surface area (Å²) in [6.45, 7) is 7.58. The molecule has 1 aliphatic heterocycles. The summed E-state index contributed by atoms with van der Waals surface area (Å²) in [7, 11) is 2.17. The van der Waals surface area contributed by atoms with E-state index in [0.29, 0.717) is 5.57 Å². The molecule has 0 atom stereocenters. The van der Waals surface area contributed by atoms with E-state index in [0.717, 1.165) is 45.6 Å². The minimum atomic E-state index is -0.824. The van der Waals surface area contributed by atoms with E-state index in [1.165, 1.54) is 30.4 Å². The standard InChI is InChI=1S/C19H30N2O2/c1-3-4-5-6-16-7-8-17(19(22)23)9-10-18(16)15-21-13-11-20(2)12-14-21/h8-10H,3-7,11-15H2,1-2H3,(H,22,23). The van der Waals surface area contributed by atoms with E-state index in [1.807, 2.05) is 12.2 Å². The largest absolute Gasteiger partial charge is 0.478 e. The van der Waals surface area contributed by atoms with Gasteiger partial charge in [-0.05, 0) is 38.0 Å². The molecule has 0 radical (unpaired) electrons. The lowest BCUT2D eigenvalue weighted by Gasteiger charge is -2.33. The summed E-state index contributed by atoms with van der Waals surface area (Å²) < 4.78 is 0. The molecule has 1 aliphatic carbocycles. The first-order valence-corrected chi connectivity index (χ1v) is 8.83. The molecule has 23 heavy (non-hydrogen) atoms.